The van der Waals surface area contributed by atoms with Crippen LogP contribution in [0.3, 0.4) is 0 Å². The highest BCUT2D eigenvalue weighted by molar-refractivity contribution is 5.25. The summed E-state index contributed by atoms with van der Waals surface area (Å²) in [6, 6.07) is 0. The third kappa shape index (κ3) is 4.33. The van der Waals surface area contributed by atoms with Crippen molar-refractivity contribution in [3.05, 3.63) is 36.2 Å². The Balaban J connectivity index is 4.22. The van der Waals surface area contributed by atoms with E-state index in [1.807, 2.05) is 26.1 Å². The predicted octanol–water partition coefficient (Wildman–Crippen LogP) is 1.38. The van der Waals surface area contributed by atoms with Crippen LogP contribution in [0.4, 0.5) is 0 Å². The summed E-state index contributed by atoms with van der Waals surface area (Å²) in [4.78, 5) is 0. The number of nitrogens with one attached hydrogen (secondary N) is 2. The highest BCUT2D eigenvalue weighted by Gasteiger charge is 1.83. The highest BCUT2D eigenvalue weighted by Crippen LogP contribution is 1.92. The minimum Gasteiger partial charge on any atom is -0.388 e. The zero-order valence-corrected chi connectivity index (χ0v) is 7.59. The molecule has 0 aliphatic heterocycles. The van der Waals surface area contributed by atoms with Gasteiger partial charge in [-0.25, -0.2) is 0 Å². The lowest BCUT2D eigenvalue weighted by molar-refractivity contribution is 0.897. The second-order valence-electron chi connectivity index (χ2n) is 2.20. The Morgan fingerprint density at radius 2 is 2.08 bits per heavy atom. The van der Waals surface area contributed by atoms with Crippen molar-refractivity contribution in [1.82, 2.24) is 10.7 Å². The van der Waals surface area contributed by atoms with E-state index in [0.29, 0.717) is 0 Å². The lowest BCUT2D eigenvalue weighted by atomic mass is 10.3. The van der Waals surface area contributed by atoms with Crippen molar-refractivity contribution in [1.29, 1.82) is 0 Å². The van der Waals surface area contributed by atoms with E-state index in [0.717, 1.165) is 11.4 Å². The number of nitrogens with zero attached hydrogens (tertiary/aromatic N) is 1. The van der Waals surface area contributed by atoms with Crippen LogP contribution in [-0.2, 0) is 0 Å². The third-order valence-corrected chi connectivity index (χ3v) is 1.28. The molecule has 0 spiro atoms. The zero-order chi connectivity index (χ0) is 9.40. The van der Waals surface area contributed by atoms with Crippen molar-refractivity contribution in [3.8, 4) is 0 Å². The van der Waals surface area contributed by atoms with Crippen LogP contribution in [-0.4, -0.2) is 13.8 Å². The van der Waals surface area contributed by atoms with Crippen LogP contribution in [0.5, 0.6) is 0 Å². The van der Waals surface area contributed by atoms with E-state index in [-0.39, 0.29) is 0 Å². The van der Waals surface area contributed by atoms with Gasteiger partial charge < -0.3 is 5.32 Å². The molecule has 0 amide bonds. The molecule has 0 aliphatic rings. The molecule has 2 N–H and O–H groups in total. The van der Waals surface area contributed by atoms with Crippen LogP contribution < -0.4 is 10.7 Å². The minimum absolute atomic E-state index is 0.930. The van der Waals surface area contributed by atoms with E-state index in [2.05, 4.69) is 29.1 Å². The van der Waals surface area contributed by atoms with E-state index < -0.39 is 0 Å². The molecule has 0 saturated heterocycles. The van der Waals surface area contributed by atoms with Crippen molar-refractivity contribution in [2.24, 2.45) is 5.10 Å². The molecule has 3 nitrogen and oxygen atoms in total. The summed E-state index contributed by atoms with van der Waals surface area (Å²) in [5.41, 5.74) is 4.61. The molecule has 3 heteroatoms. The van der Waals surface area contributed by atoms with Gasteiger partial charge in [0.25, 0.3) is 0 Å². The largest absolute Gasteiger partial charge is 0.388 e. The molecule has 0 bridgehead atoms. The summed E-state index contributed by atoms with van der Waals surface area (Å²) in [7, 11) is 1.84. The molecule has 66 valence electrons. The Morgan fingerprint density at radius 1 is 1.42 bits per heavy atom. The van der Waals surface area contributed by atoms with Gasteiger partial charge in [0.1, 0.15) is 0 Å². The van der Waals surface area contributed by atoms with Crippen LogP contribution in [0.1, 0.15) is 6.92 Å². The van der Waals surface area contributed by atoms with Gasteiger partial charge >= 0.3 is 0 Å². The Kier molecular flexibility index (Phi) is 5.43. The molecule has 0 saturated carbocycles. The van der Waals surface area contributed by atoms with Crippen LogP contribution in [0.2, 0.25) is 0 Å². The maximum absolute atomic E-state index is 3.64. The topological polar surface area (TPSA) is 36.4 Å². The average Bonchev–Trinajstić information content (AvgIpc) is 2.07. The molecule has 0 fully saturated rings. The Labute approximate surface area is 73.6 Å². The zero-order valence-electron chi connectivity index (χ0n) is 7.59. The van der Waals surface area contributed by atoms with Crippen molar-refractivity contribution in [2.45, 2.75) is 6.92 Å². The smallest absolute Gasteiger partial charge is 0.0332 e. The monoisotopic (exact) mass is 165 g/mol. The van der Waals surface area contributed by atoms with Crippen LogP contribution >= 0.6 is 0 Å². The second-order valence-corrected chi connectivity index (χ2v) is 2.20. The molecular formula is C9H15N3. The lowest BCUT2D eigenvalue weighted by Gasteiger charge is -1.98. The number of allylic oxidation sites excluding steroid dienone is 4. The molecule has 12 heavy (non-hydrogen) atoms. The van der Waals surface area contributed by atoms with Crippen molar-refractivity contribution in [3.63, 3.8) is 0 Å². The number of hydrazone groups is 1. The normalized spacial score (nSPS) is 12.2. The van der Waals surface area contributed by atoms with Crippen LogP contribution in [0.25, 0.3) is 0 Å². The first-order chi connectivity index (χ1) is 5.74. The average molecular weight is 165 g/mol. The maximum atomic E-state index is 3.64. The summed E-state index contributed by atoms with van der Waals surface area (Å²) in [5.74, 6) is 0. The standard InChI is InChI=1S/C9H15N3/c1-5-9(10-3)7-6-8(2)12-11-4/h5-7,10,12H,1,4H2,2-3H3/b8-6+,9-7+. The van der Waals surface area contributed by atoms with Gasteiger partial charge in [0.15, 0.2) is 0 Å². The van der Waals surface area contributed by atoms with Gasteiger partial charge in [-0.2, -0.15) is 5.10 Å². The van der Waals surface area contributed by atoms with E-state index >= 15 is 0 Å². The Bertz CT molecular complexity index is 214. The van der Waals surface area contributed by atoms with Crippen molar-refractivity contribution >= 4 is 6.72 Å². The maximum Gasteiger partial charge on any atom is 0.0332 e. The van der Waals surface area contributed by atoms with E-state index in [4.69, 9.17) is 0 Å². The summed E-state index contributed by atoms with van der Waals surface area (Å²) >= 11 is 0. The van der Waals surface area contributed by atoms with Crippen molar-refractivity contribution in [2.75, 3.05) is 7.05 Å². The quantitative estimate of drug-likeness (QED) is 0.367. The molecule has 0 radical (unpaired) electrons. The third-order valence-electron chi connectivity index (χ3n) is 1.28. The van der Waals surface area contributed by atoms with E-state index in [1.165, 1.54) is 0 Å². The summed E-state index contributed by atoms with van der Waals surface area (Å²) in [6.45, 7) is 8.85. The van der Waals surface area contributed by atoms with Crippen LogP contribution in [0.15, 0.2) is 41.3 Å². The molecule has 0 atom stereocenters. The number of rotatable bonds is 5. The first-order valence-corrected chi connectivity index (χ1v) is 3.65. The molecule has 0 aromatic carbocycles. The SMILES string of the molecule is C=C/C(=C\C=C(/C)NN=C)NC. The fourth-order valence-electron chi connectivity index (χ4n) is 0.630. The second kappa shape index (κ2) is 6.22. The van der Waals surface area contributed by atoms with E-state index in [9.17, 15) is 0 Å². The van der Waals surface area contributed by atoms with Gasteiger partial charge in [-0.15, -0.1) is 0 Å². The molecule has 0 aromatic rings. The summed E-state index contributed by atoms with van der Waals surface area (Å²) in [6.07, 6.45) is 5.54. The summed E-state index contributed by atoms with van der Waals surface area (Å²) < 4.78 is 0. The first-order valence-electron chi connectivity index (χ1n) is 3.65. The van der Waals surface area contributed by atoms with Gasteiger partial charge in [-0.05, 0) is 25.2 Å². The van der Waals surface area contributed by atoms with Gasteiger partial charge in [-0.1, -0.05) is 6.58 Å². The fraction of sp³-hybridized carbons (Fsp3) is 0.222. The molecule has 0 rings (SSSR count). The minimum atomic E-state index is 0.930. The Morgan fingerprint density at radius 3 is 2.50 bits per heavy atom. The highest BCUT2D eigenvalue weighted by atomic mass is 15.3. The number of hydrogen-bond acceptors (Lipinski definition) is 3. The Hall–Kier alpha value is -1.51. The van der Waals surface area contributed by atoms with Crippen LogP contribution in [0, 0.1) is 0 Å². The molecule has 0 heterocycles. The first kappa shape index (κ1) is 10.5. The number of likely N-dealkylation sites (N-methyl/N-ethyl adjacent to an activating group) is 1. The molecule has 0 unspecified atom stereocenters. The molecule has 0 aromatic heterocycles. The lowest BCUT2D eigenvalue weighted by Crippen LogP contribution is -2.03. The van der Waals surface area contributed by atoms with E-state index in [1.54, 1.807) is 6.08 Å². The van der Waals surface area contributed by atoms with Gasteiger partial charge in [-0.3, -0.25) is 5.43 Å². The fourth-order valence-corrected chi connectivity index (χ4v) is 0.630. The van der Waals surface area contributed by atoms with Gasteiger partial charge in [0.2, 0.25) is 0 Å². The predicted molar refractivity (Wildman–Crippen MR) is 53.8 cm³/mol. The number of hydrogen-bond donors (Lipinski definition) is 2. The van der Waals surface area contributed by atoms with Crippen molar-refractivity contribution < 1.29 is 0 Å². The molecular weight excluding hydrogens is 150 g/mol. The van der Waals surface area contributed by atoms with Gasteiger partial charge in [0, 0.05) is 25.2 Å². The summed E-state index contributed by atoms with van der Waals surface area (Å²) in [5, 5.41) is 6.50. The van der Waals surface area contributed by atoms with Gasteiger partial charge in [0.05, 0.1) is 0 Å². The molecule has 0 aliphatic carbocycles.